The first-order valence-corrected chi connectivity index (χ1v) is 4.32. The molecule has 0 aliphatic rings. The molecule has 0 fully saturated rings. The summed E-state index contributed by atoms with van der Waals surface area (Å²) < 4.78 is 0. The van der Waals surface area contributed by atoms with Crippen LogP contribution in [-0.4, -0.2) is 7.05 Å². The van der Waals surface area contributed by atoms with Gasteiger partial charge >= 0.3 is 0 Å². The number of hydrogen-bond donors (Lipinski definition) is 1. The maximum atomic E-state index is 3.11. The molecule has 1 rings (SSSR count). The molecule has 0 aromatic heterocycles. The van der Waals surface area contributed by atoms with Crippen LogP contribution in [0.5, 0.6) is 0 Å². The van der Waals surface area contributed by atoms with Crippen molar-refractivity contribution in [3.63, 3.8) is 0 Å². The van der Waals surface area contributed by atoms with E-state index >= 15 is 0 Å². The summed E-state index contributed by atoms with van der Waals surface area (Å²) in [5, 5.41) is 3.11. The van der Waals surface area contributed by atoms with Crippen LogP contribution in [0.25, 0.3) is 0 Å². The molecule has 0 bridgehead atoms. The SMILES string of the molecule is CNc1ccc(C(C)(C)C)cc1. The zero-order valence-corrected chi connectivity index (χ0v) is 8.31. The van der Waals surface area contributed by atoms with Crippen molar-refractivity contribution in [3.8, 4) is 0 Å². The summed E-state index contributed by atoms with van der Waals surface area (Å²) in [5.74, 6) is 0. The molecule has 66 valence electrons. The monoisotopic (exact) mass is 163 g/mol. The fourth-order valence-electron chi connectivity index (χ4n) is 1.14. The predicted octanol–water partition coefficient (Wildman–Crippen LogP) is 3.03. The van der Waals surface area contributed by atoms with Gasteiger partial charge < -0.3 is 5.32 Å². The van der Waals surface area contributed by atoms with E-state index in [0.29, 0.717) is 0 Å². The molecule has 0 aliphatic carbocycles. The Morgan fingerprint density at radius 2 is 1.50 bits per heavy atom. The van der Waals surface area contributed by atoms with Crippen molar-refractivity contribution < 1.29 is 0 Å². The van der Waals surface area contributed by atoms with Gasteiger partial charge in [0.05, 0.1) is 0 Å². The van der Waals surface area contributed by atoms with Gasteiger partial charge in [-0.05, 0) is 23.1 Å². The molecule has 0 unspecified atom stereocenters. The van der Waals surface area contributed by atoms with Crippen LogP contribution in [0.3, 0.4) is 0 Å². The lowest BCUT2D eigenvalue weighted by Crippen LogP contribution is -2.10. The molecule has 12 heavy (non-hydrogen) atoms. The summed E-state index contributed by atoms with van der Waals surface area (Å²) in [6.45, 7) is 6.67. The van der Waals surface area contributed by atoms with Crippen molar-refractivity contribution in [2.24, 2.45) is 0 Å². The fourth-order valence-corrected chi connectivity index (χ4v) is 1.14. The van der Waals surface area contributed by atoms with Gasteiger partial charge in [-0.2, -0.15) is 0 Å². The van der Waals surface area contributed by atoms with Crippen LogP contribution >= 0.6 is 0 Å². The molecular weight excluding hydrogens is 146 g/mol. The van der Waals surface area contributed by atoms with Crippen molar-refractivity contribution in [2.45, 2.75) is 26.2 Å². The molecule has 0 radical (unpaired) electrons. The normalized spacial score (nSPS) is 11.3. The first-order chi connectivity index (χ1) is 5.54. The van der Waals surface area contributed by atoms with E-state index in [4.69, 9.17) is 0 Å². The van der Waals surface area contributed by atoms with Crippen LogP contribution in [0, 0.1) is 0 Å². The number of hydrogen-bond acceptors (Lipinski definition) is 1. The summed E-state index contributed by atoms with van der Waals surface area (Å²) in [5.41, 5.74) is 2.80. The fraction of sp³-hybridized carbons (Fsp3) is 0.455. The van der Waals surface area contributed by atoms with E-state index < -0.39 is 0 Å². The molecule has 0 saturated carbocycles. The molecular formula is C11H17N. The van der Waals surface area contributed by atoms with Gasteiger partial charge in [-0.15, -0.1) is 0 Å². The molecule has 0 atom stereocenters. The van der Waals surface area contributed by atoms with Gasteiger partial charge in [0.25, 0.3) is 0 Å². The average Bonchev–Trinajstić information content (AvgIpc) is 2.03. The van der Waals surface area contributed by atoms with Crippen LogP contribution in [0.15, 0.2) is 24.3 Å². The highest BCUT2D eigenvalue weighted by Crippen LogP contribution is 2.23. The van der Waals surface area contributed by atoms with E-state index in [9.17, 15) is 0 Å². The Morgan fingerprint density at radius 1 is 1.00 bits per heavy atom. The molecule has 1 nitrogen and oxygen atoms in total. The highest BCUT2D eigenvalue weighted by molar-refractivity contribution is 5.44. The Morgan fingerprint density at radius 3 is 1.83 bits per heavy atom. The summed E-state index contributed by atoms with van der Waals surface area (Å²) in [7, 11) is 1.94. The van der Waals surface area contributed by atoms with Gasteiger partial charge in [0, 0.05) is 12.7 Å². The van der Waals surface area contributed by atoms with Crippen molar-refractivity contribution in [2.75, 3.05) is 12.4 Å². The van der Waals surface area contributed by atoms with Gasteiger partial charge in [-0.1, -0.05) is 32.9 Å². The lowest BCUT2D eigenvalue weighted by atomic mass is 9.87. The Labute approximate surface area is 74.8 Å². The van der Waals surface area contributed by atoms with Gasteiger partial charge in [-0.25, -0.2) is 0 Å². The molecule has 0 heterocycles. The van der Waals surface area contributed by atoms with E-state index in [2.05, 4.69) is 50.4 Å². The summed E-state index contributed by atoms with van der Waals surface area (Å²) in [6, 6.07) is 8.57. The van der Waals surface area contributed by atoms with Gasteiger partial charge in [0.2, 0.25) is 0 Å². The molecule has 0 spiro atoms. The Kier molecular flexibility index (Phi) is 2.41. The molecule has 1 aromatic rings. The largest absolute Gasteiger partial charge is 0.388 e. The minimum atomic E-state index is 0.256. The minimum absolute atomic E-state index is 0.256. The van der Waals surface area contributed by atoms with Gasteiger partial charge in [-0.3, -0.25) is 0 Å². The van der Waals surface area contributed by atoms with Crippen LogP contribution in [-0.2, 0) is 5.41 Å². The zero-order chi connectivity index (χ0) is 9.19. The molecule has 0 aliphatic heterocycles. The maximum absolute atomic E-state index is 3.11. The quantitative estimate of drug-likeness (QED) is 0.671. The van der Waals surface area contributed by atoms with E-state index in [-0.39, 0.29) is 5.41 Å². The van der Waals surface area contributed by atoms with Crippen molar-refractivity contribution in [3.05, 3.63) is 29.8 Å². The third kappa shape index (κ3) is 2.00. The number of benzene rings is 1. The van der Waals surface area contributed by atoms with Crippen LogP contribution in [0.1, 0.15) is 26.3 Å². The van der Waals surface area contributed by atoms with Crippen molar-refractivity contribution in [1.29, 1.82) is 0 Å². The first kappa shape index (κ1) is 9.11. The Hall–Kier alpha value is -0.980. The minimum Gasteiger partial charge on any atom is -0.388 e. The second kappa shape index (κ2) is 3.18. The van der Waals surface area contributed by atoms with Gasteiger partial charge in [0.15, 0.2) is 0 Å². The topological polar surface area (TPSA) is 12.0 Å². The Bertz CT molecular complexity index is 241. The highest BCUT2D eigenvalue weighted by atomic mass is 14.8. The number of nitrogens with one attached hydrogen (secondary N) is 1. The average molecular weight is 163 g/mol. The standard InChI is InChI=1S/C11H17N/c1-11(2,3)9-5-7-10(12-4)8-6-9/h5-8,12H,1-4H3. The van der Waals surface area contributed by atoms with Crippen LogP contribution in [0.4, 0.5) is 5.69 Å². The van der Waals surface area contributed by atoms with E-state index in [1.54, 1.807) is 0 Å². The second-order valence-electron chi connectivity index (χ2n) is 4.08. The summed E-state index contributed by atoms with van der Waals surface area (Å²) in [4.78, 5) is 0. The highest BCUT2D eigenvalue weighted by Gasteiger charge is 2.12. The third-order valence-corrected chi connectivity index (χ3v) is 2.04. The first-order valence-electron chi connectivity index (χ1n) is 4.32. The molecule has 1 heteroatoms. The summed E-state index contributed by atoms with van der Waals surface area (Å²) >= 11 is 0. The van der Waals surface area contributed by atoms with Crippen molar-refractivity contribution in [1.82, 2.24) is 0 Å². The number of rotatable bonds is 1. The van der Waals surface area contributed by atoms with E-state index in [1.807, 2.05) is 7.05 Å². The molecule has 0 saturated heterocycles. The van der Waals surface area contributed by atoms with E-state index in [1.165, 1.54) is 11.3 Å². The number of anilines is 1. The maximum Gasteiger partial charge on any atom is 0.0337 e. The summed E-state index contributed by atoms with van der Waals surface area (Å²) in [6.07, 6.45) is 0. The second-order valence-corrected chi connectivity index (χ2v) is 4.08. The van der Waals surface area contributed by atoms with Gasteiger partial charge in [0.1, 0.15) is 0 Å². The lowest BCUT2D eigenvalue weighted by molar-refractivity contribution is 0.590. The molecule has 1 aromatic carbocycles. The van der Waals surface area contributed by atoms with E-state index in [0.717, 1.165) is 0 Å². The predicted molar refractivity (Wildman–Crippen MR) is 54.7 cm³/mol. The van der Waals surface area contributed by atoms with Crippen LogP contribution in [0.2, 0.25) is 0 Å². The molecule has 0 amide bonds. The zero-order valence-electron chi connectivity index (χ0n) is 8.31. The van der Waals surface area contributed by atoms with Crippen LogP contribution < -0.4 is 5.32 Å². The Balaban J connectivity index is 2.93. The van der Waals surface area contributed by atoms with Crippen molar-refractivity contribution >= 4 is 5.69 Å². The smallest absolute Gasteiger partial charge is 0.0337 e. The molecule has 1 N–H and O–H groups in total. The lowest BCUT2D eigenvalue weighted by Gasteiger charge is -2.18. The third-order valence-electron chi connectivity index (χ3n) is 2.04.